The third kappa shape index (κ3) is 3.05. The average molecular weight is 331 g/mol. The zero-order valence-electron chi connectivity index (χ0n) is 14.1. The van der Waals surface area contributed by atoms with E-state index in [4.69, 9.17) is 0 Å². The molecular formula is C18H22FN3O2. The third-order valence-corrected chi connectivity index (χ3v) is 4.83. The van der Waals surface area contributed by atoms with Gasteiger partial charge in [-0.2, -0.15) is 0 Å². The van der Waals surface area contributed by atoms with Gasteiger partial charge in [0.25, 0.3) is 5.56 Å². The van der Waals surface area contributed by atoms with E-state index in [0.717, 1.165) is 32.2 Å². The highest BCUT2D eigenvalue weighted by Crippen LogP contribution is 2.20. The molecule has 1 aliphatic rings. The first-order valence-electron chi connectivity index (χ1n) is 8.46. The number of nitrogens with zero attached hydrogens (tertiary/aromatic N) is 3. The van der Waals surface area contributed by atoms with Gasteiger partial charge < -0.3 is 4.90 Å². The Bertz CT molecular complexity index is 831. The van der Waals surface area contributed by atoms with Crippen molar-refractivity contribution in [3.8, 4) is 0 Å². The first-order chi connectivity index (χ1) is 11.5. The van der Waals surface area contributed by atoms with E-state index >= 15 is 0 Å². The van der Waals surface area contributed by atoms with Crippen molar-refractivity contribution in [2.45, 2.75) is 52.1 Å². The van der Waals surface area contributed by atoms with Crippen LogP contribution in [-0.2, 0) is 11.3 Å². The average Bonchev–Trinajstić information content (AvgIpc) is 2.59. The molecule has 1 aromatic carbocycles. The Morgan fingerprint density at radius 3 is 2.92 bits per heavy atom. The van der Waals surface area contributed by atoms with Crippen molar-refractivity contribution in [1.29, 1.82) is 0 Å². The van der Waals surface area contributed by atoms with Gasteiger partial charge in [-0.05, 0) is 44.2 Å². The lowest BCUT2D eigenvalue weighted by atomic mass is 10.00. The number of rotatable bonds is 3. The largest absolute Gasteiger partial charge is 0.338 e. The molecule has 0 radical (unpaired) electrons. The number of benzene rings is 1. The van der Waals surface area contributed by atoms with Crippen LogP contribution in [0, 0.1) is 12.7 Å². The molecule has 1 aliphatic heterocycles. The highest BCUT2D eigenvalue weighted by atomic mass is 19.1. The minimum atomic E-state index is -0.387. The molecule has 0 aliphatic carbocycles. The van der Waals surface area contributed by atoms with Crippen LogP contribution in [0.2, 0.25) is 0 Å². The van der Waals surface area contributed by atoms with Gasteiger partial charge in [0.2, 0.25) is 5.91 Å². The van der Waals surface area contributed by atoms with Crippen molar-refractivity contribution in [1.82, 2.24) is 14.5 Å². The number of amides is 1. The Morgan fingerprint density at radius 1 is 1.38 bits per heavy atom. The Labute approximate surface area is 140 Å². The summed E-state index contributed by atoms with van der Waals surface area (Å²) in [6.45, 7) is 4.42. The fraction of sp³-hybridized carbons (Fsp3) is 0.500. The first-order valence-corrected chi connectivity index (χ1v) is 8.46. The van der Waals surface area contributed by atoms with E-state index in [0.29, 0.717) is 16.5 Å². The minimum absolute atomic E-state index is 0.0191. The van der Waals surface area contributed by atoms with Crippen LogP contribution in [-0.4, -0.2) is 32.9 Å². The Morgan fingerprint density at radius 2 is 2.17 bits per heavy atom. The fourth-order valence-corrected chi connectivity index (χ4v) is 3.39. The highest BCUT2D eigenvalue weighted by Gasteiger charge is 2.25. The van der Waals surface area contributed by atoms with Crippen molar-refractivity contribution < 1.29 is 9.18 Å². The molecular weight excluding hydrogens is 309 g/mol. The lowest BCUT2D eigenvalue weighted by molar-refractivity contribution is -0.135. The normalized spacial score (nSPS) is 18.1. The molecule has 0 bridgehead atoms. The van der Waals surface area contributed by atoms with Crippen LogP contribution in [0.5, 0.6) is 0 Å². The highest BCUT2D eigenvalue weighted by molar-refractivity contribution is 5.80. The molecule has 5 nitrogen and oxygen atoms in total. The maximum atomic E-state index is 13.6. The maximum absolute atomic E-state index is 13.6. The molecule has 1 aromatic heterocycles. The van der Waals surface area contributed by atoms with Crippen LogP contribution in [0.3, 0.4) is 0 Å². The lowest BCUT2D eigenvalue weighted by Crippen LogP contribution is -2.45. The molecule has 0 saturated carbocycles. The second-order valence-electron chi connectivity index (χ2n) is 6.44. The number of fused-ring (bicyclic) bond motifs is 1. The second kappa shape index (κ2) is 6.71. The smallest absolute Gasteiger partial charge is 0.261 e. The molecule has 2 heterocycles. The molecule has 6 heteroatoms. The van der Waals surface area contributed by atoms with E-state index in [1.54, 1.807) is 6.92 Å². The maximum Gasteiger partial charge on any atom is 0.261 e. The third-order valence-electron chi connectivity index (χ3n) is 4.83. The molecule has 0 N–H and O–H groups in total. The summed E-state index contributed by atoms with van der Waals surface area (Å²) < 4.78 is 14.9. The second-order valence-corrected chi connectivity index (χ2v) is 6.44. The number of hydrogen-bond donors (Lipinski definition) is 0. The zero-order valence-corrected chi connectivity index (χ0v) is 14.1. The number of piperidine rings is 1. The SMILES string of the molecule is CCC1CCCCN1C(=O)Cn1cnc2cc(F)c(C)cc2c1=O. The minimum Gasteiger partial charge on any atom is -0.338 e. The predicted molar refractivity (Wildman–Crippen MR) is 90.3 cm³/mol. The van der Waals surface area contributed by atoms with Crippen LogP contribution < -0.4 is 5.56 Å². The van der Waals surface area contributed by atoms with E-state index in [1.165, 1.54) is 23.0 Å². The molecule has 3 rings (SSSR count). The molecule has 1 fully saturated rings. The molecule has 128 valence electrons. The lowest BCUT2D eigenvalue weighted by Gasteiger charge is -2.35. The molecule has 24 heavy (non-hydrogen) atoms. The topological polar surface area (TPSA) is 55.2 Å². The van der Waals surface area contributed by atoms with Crippen LogP contribution in [0.4, 0.5) is 4.39 Å². The van der Waals surface area contributed by atoms with Gasteiger partial charge in [-0.25, -0.2) is 9.37 Å². The van der Waals surface area contributed by atoms with Gasteiger partial charge in [0.1, 0.15) is 12.4 Å². The zero-order chi connectivity index (χ0) is 17.3. The van der Waals surface area contributed by atoms with E-state index in [9.17, 15) is 14.0 Å². The predicted octanol–water partition coefficient (Wildman–Crippen LogP) is 2.64. The van der Waals surface area contributed by atoms with E-state index < -0.39 is 0 Å². The van der Waals surface area contributed by atoms with Crippen molar-refractivity contribution >= 4 is 16.8 Å². The number of aryl methyl sites for hydroxylation is 1. The summed E-state index contributed by atoms with van der Waals surface area (Å²) >= 11 is 0. The summed E-state index contributed by atoms with van der Waals surface area (Å²) in [5, 5.41) is 0.342. The number of hydrogen-bond acceptors (Lipinski definition) is 3. The number of carbonyl (C=O) groups excluding carboxylic acids is 1. The van der Waals surface area contributed by atoms with E-state index in [2.05, 4.69) is 11.9 Å². The van der Waals surface area contributed by atoms with Gasteiger partial charge >= 0.3 is 0 Å². The van der Waals surface area contributed by atoms with Crippen LogP contribution in [0.25, 0.3) is 10.9 Å². The van der Waals surface area contributed by atoms with Gasteiger partial charge in [0.15, 0.2) is 0 Å². The molecule has 1 atom stereocenters. The quantitative estimate of drug-likeness (QED) is 0.869. The summed E-state index contributed by atoms with van der Waals surface area (Å²) in [7, 11) is 0. The summed E-state index contributed by atoms with van der Waals surface area (Å²) in [6, 6.07) is 3.01. The molecule has 1 unspecified atom stereocenters. The van der Waals surface area contributed by atoms with Crippen LogP contribution in [0.1, 0.15) is 38.2 Å². The summed E-state index contributed by atoms with van der Waals surface area (Å²) in [5.74, 6) is -0.439. The Balaban J connectivity index is 1.90. The Hall–Kier alpha value is -2.24. The fourth-order valence-electron chi connectivity index (χ4n) is 3.39. The number of aromatic nitrogens is 2. The number of halogens is 1. The van der Waals surface area contributed by atoms with Crippen molar-refractivity contribution in [2.75, 3.05) is 6.54 Å². The van der Waals surface area contributed by atoms with E-state index in [1.807, 2.05) is 4.90 Å². The monoisotopic (exact) mass is 331 g/mol. The number of carbonyl (C=O) groups is 1. The van der Waals surface area contributed by atoms with Gasteiger partial charge in [-0.3, -0.25) is 14.2 Å². The van der Waals surface area contributed by atoms with Crippen LogP contribution >= 0.6 is 0 Å². The summed E-state index contributed by atoms with van der Waals surface area (Å²) in [6.07, 6.45) is 5.43. The van der Waals surface area contributed by atoms with Crippen molar-refractivity contribution in [3.05, 3.63) is 40.2 Å². The summed E-state index contributed by atoms with van der Waals surface area (Å²) in [4.78, 5) is 31.2. The number of likely N-dealkylation sites (tertiary alicyclic amines) is 1. The van der Waals surface area contributed by atoms with Crippen molar-refractivity contribution in [3.63, 3.8) is 0 Å². The van der Waals surface area contributed by atoms with Gasteiger partial charge in [-0.1, -0.05) is 6.92 Å². The molecule has 0 spiro atoms. The standard InChI is InChI=1S/C18H22FN3O2/c1-3-13-6-4-5-7-22(13)17(23)10-21-11-20-16-9-15(19)12(2)8-14(16)18(21)24/h8-9,11,13H,3-7,10H2,1-2H3. The molecule has 1 amide bonds. The van der Waals surface area contributed by atoms with Gasteiger partial charge in [-0.15, -0.1) is 0 Å². The van der Waals surface area contributed by atoms with Gasteiger partial charge in [0.05, 0.1) is 17.2 Å². The van der Waals surface area contributed by atoms with Crippen LogP contribution in [0.15, 0.2) is 23.3 Å². The Kier molecular flexibility index (Phi) is 4.64. The molecule has 2 aromatic rings. The van der Waals surface area contributed by atoms with E-state index in [-0.39, 0.29) is 29.9 Å². The molecule has 1 saturated heterocycles. The summed E-state index contributed by atoms with van der Waals surface area (Å²) in [5.41, 5.74) is 0.408. The van der Waals surface area contributed by atoms with Gasteiger partial charge in [0, 0.05) is 18.7 Å². The van der Waals surface area contributed by atoms with Crippen molar-refractivity contribution in [2.24, 2.45) is 0 Å². The first kappa shape index (κ1) is 16.6.